The molecule has 1 aliphatic heterocycles. The molecule has 0 aromatic carbocycles. The lowest BCUT2D eigenvalue weighted by Crippen LogP contribution is -2.27. The second kappa shape index (κ2) is 1.96. The van der Waals surface area contributed by atoms with Gasteiger partial charge in [0.2, 0.25) is 0 Å². The quantitative estimate of drug-likeness (QED) is 0.455. The van der Waals surface area contributed by atoms with E-state index < -0.39 is 0 Å². The third kappa shape index (κ3) is 1.18. The van der Waals surface area contributed by atoms with Crippen molar-refractivity contribution in [3.05, 3.63) is 6.42 Å². The van der Waals surface area contributed by atoms with Gasteiger partial charge in [0.25, 0.3) is 0 Å². The molecule has 0 aromatic rings. The lowest BCUT2D eigenvalue weighted by Gasteiger charge is -2.11. The zero-order chi connectivity index (χ0) is 5.11. The maximum absolute atomic E-state index is 7.06. The van der Waals surface area contributed by atoms with Gasteiger partial charge in [-0.15, -0.1) is 0 Å². The SMILES string of the molecule is N=C1CC[CH]CN1. The summed E-state index contributed by atoms with van der Waals surface area (Å²) in [5.41, 5.74) is 0. The van der Waals surface area contributed by atoms with E-state index in [-0.39, 0.29) is 0 Å². The van der Waals surface area contributed by atoms with Gasteiger partial charge in [-0.05, 0) is 12.8 Å². The van der Waals surface area contributed by atoms with Gasteiger partial charge in [-0.25, -0.2) is 0 Å². The number of hydrogen-bond acceptors (Lipinski definition) is 1. The first kappa shape index (κ1) is 4.62. The van der Waals surface area contributed by atoms with Crippen LogP contribution in [-0.4, -0.2) is 12.4 Å². The standard InChI is InChI=1S/C5H9N2/c6-5-3-1-2-4-7-5/h2H,1,3-4H2,(H2,6,7). The first-order valence-corrected chi connectivity index (χ1v) is 2.52. The second-order valence-electron chi connectivity index (χ2n) is 1.69. The smallest absolute Gasteiger partial charge is 0.0931 e. The molecule has 0 unspecified atom stereocenters. The maximum Gasteiger partial charge on any atom is 0.0931 e. The number of hydrogen-bond donors (Lipinski definition) is 2. The molecule has 2 heteroatoms. The van der Waals surface area contributed by atoms with E-state index in [2.05, 4.69) is 11.7 Å². The lowest BCUT2D eigenvalue weighted by atomic mass is 10.2. The topological polar surface area (TPSA) is 35.9 Å². The van der Waals surface area contributed by atoms with Crippen LogP contribution in [0.5, 0.6) is 0 Å². The maximum atomic E-state index is 7.06. The highest BCUT2D eigenvalue weighted by Gasteiger charge is 2.00. The van der Waals surface area contributed by atoms with Gasteiger partial charge in [-0.1, -0.05) is 0 Å². The summed E-state index contributed by atoms with van der Waals surface area (Å²) in [7, 11) is 0. The zero-order valence-electron chi connectivity index (χ0n) is 4.20. The summed E-state index contributed by atoms with van der Waals surface area (Å²) in [6, 6.07) is 0. The fourth-order valence-corrected chi connectivity index (χ4v) is 0.632. The molecule has 1 radical (unpaired) electrons. The molecule has 0 bridgehead atoms. The van der Waals surface area contributed by atoms with E-state index in [1.165, 1.54) is 0 Å². The first-order chi connectivity index (χ1) is 3.39. The van der Waals surface area contributed by atoms with Crippen LogP contribution in [0.2, 0.25) is 0 Å². The lowest BCUT2D eigenvalue weighted by molar-refractivity contribution is 0.796. The van der Waals surface area contributed by atoms with E-state index in [0.717, 1.165) is 19.4 Å². The van der Waals surface area contributed by atoms with Crippen LogP contribution in [0, 0.1) is 11.8 Å². The van der Waals surface area contributed by atoms with E-state index >= 15 is 0 Å². The van der Waals surface area contributed by atoms with Crippen LogP contribution in [-0.2, 0) is 0 Å². The fourth-order valence-electron chi connectivity index (χ4n) is 0.632. The van der Waals surface area contributed by atoms with E-state index in [1.54, 1.807) is 0 Å². The summed E-state index contributed by atoms with van der Waals surface area (Å²) in [6.45, 7) is 0.888. The number of piperidine rings is 1. The van der Waals surface area contributed by atoms with Gasteiger partial charge in [-0.3, -0.25) is 5.41 Å². The third-order valence-electron chi connectivity index (χ3n) is 1.06. The Kier molecular flexibility index (Phi) is 1.29. The molecule has 1 rings (SSSR count). The van der Waals surface area contributed by atoms with Crippen molar-refractivity contribution in [2.24, 2.45) is 0 Å². The predicted molar refractivity (Wildman–Crippen MR) is 29.3 cm³/mol. The molecule has 7 heavy (non-hydrogen) atoms. The highest BCUT2D eigenvalue weighted by atomic mass is 14.9. The minimum absolute atomic E-state index is 0.683. The van der Waals surface area contributed by atoms with Crippen LogP contribution in [0.4, 0.5) is 0 Å². The molecule has 39 valence electrons. The molecule has 0 atom stereocenters. The van der Waals surface area contributed by atoms with Crippen molar-refractivity contribution in [3.63, 3.8) is 0 Å². The molecule has 0 aromatic heterocycles. The summed E-state index contributed by atoms with van der Waals surface area (Å²) >= 11 is 0. The molecule has 1 fully saturated rings. The van der Waals surface area contributed by atoms with Crippen LogP contribution < -0.4 is 5.32 Å². The Bertz CT molecular complexity index is 70.1. The van der Waals surface area contributed by atoms with Gasteiger partial charge < -0.3 is 5.32 Å². The highest BCUT2D eigenvalue weighted by molar-refractivity contribution is 5.79. The third-order valence-corrected chi connectivity index (χ3v) is 1.06. The molecule has 1 heterocycles. The number of rotatable bonds is 0. The number of nitrogens with one attached hydrogen (secondary N) is 2. The Morgan fingerprint density at radius 3 is 2.86 bits per heavy atom. The summed E-state index contributed by atoms with van der Waals surface area (Å²) < 4.78 is 0. The molecule has 1 saturated heterocycles. The van der Waals surface area contributed by atoms with Gasteiger partial charge in [0.1, 0.15) is 0 Å². The van der Waals surface area contributed by atoms with Gasteiger partial charge >= 0.3 is 0 Å². The molecule has 2 nitrogen and oxygen atoms in total. The van der Waals surface area contributed by atoms with Gasteiger partial charge in [0.05, 0.1) is 5.84 Å². The van der Waals surface area contributed by atoms with E-state index in [1.807, 2.05) is 0 Å². The van der Waals surface area contributed by atoms with Crippen LogP contribution >= 0.6 is 0 Å². The molecule has 0 amide bonds. The van der Waals surface area contributed by atoms with Crippen molar-refractivity contribution in [2.75, 3.05) is 6.54 Å². The highest BCUT2D eigenvalue weighted by Crippen LogP contribution is 1.97. The van der Waals surface area contributed by atoms with Crippen molar-refractivity contribution in [3.8, 4) is 0 Å². The van der Waals surface area contributed by atoms with Crippen molar-refractivity contribution >= 4 is 5.84 Å². The Labute approximate surface area is 43.4 Å². The van der Waals surface area contributed by atoms with Gasteiger partial charge in [0, 0.05) is 13.0 Å². The molecule has 0 aliphatic carbocycles. The summed E-state index contributed by atoms with van der Waals surface area (Å²) in [5.74, 6) is 0.683. The normalized spacial score (nSPS) is 21.4. The summed E-state index contributed by atoms with van der Waals surface area (Å²) in [5, 5.41) is 9.97. The number of amidine groups is 1. The average Bonchev–Trinajstić information content (AvgIpc) is 1.69. The molecule has 2 N–H and O–H groups in total. The summed E-state index contributed by atoms with van der Waals surface area (Å²) in [6.07, 6.45) is 4.13. The van der Waals surface area contributed by atoms with Crippen molar-refractivity contribution in [2.45, 2.75) is 12.8 Å². The van der Waals surface area contributed by atoms with Crippen molar-refractivity contribution in [1.29, 1.82) is 5.41 Å². The Morgan fingerprint density at radius 1 is 1.71 bits per heavy atom. The zero-order valence-corrected chi connectivity index (χ0v) is 4.20. The molecular formula is C5H9N2. The van der Waals surface area contributed by atoms with Crippen LogP contribution in [0.25, 0.3) is 0 Å². The predicted octanol–water partition coefficient (Wildman–Crippen LogP) is 0.551. The second-order valence-corrected chi connectivity index (χ2v) is 1.69. The minimum Gasteiger partial charge on any atom is -0.374 e. The van der Waals surface area contributed by atoms with Crippen molar-refractivity contribution in [1.82, 2.24) is 5.32 Å². The van der Waals surface area contributed by atoms with Crippen molar-refractivity contribution < 1.29 is 0 Å². The Hall–Kier alpha value is -0.530. The first-order valence-electron chi connectivity index (χ1n) is 2.52. The Balaban J connectivity index is 2.25. The van der Waals surface area contributed by atoms with E-state index in [9.17, 15) is 0 Å². The van der Waals surface area contributed by atoms with E-state index in [4.69, 9.17) is 5.41 Å². The molecule has 0 saturated carbocycles. The Morgan fingerprint density at radius 2 is 2.57 bits per heavy atom. The fraction of sp³-hybridized carbons (Fsp3) is 0.600. The molecular weight excluding hydrogens is 88.1 g/mol. The van der Waals surface area contributed by atoms with Gasteiger partial charge in [-0.2, -0.15) is 0 Å². The monoisotopic (exact) mass is 97.1 g/mol. The van der Waals surface area contributed by atoms with Crippen LogP contribution in [0.1, 0.15) is 12.8 Å². The van der Waals surface area contributed by atoms with Crippen LogP contribution in [0.15, 0.2) is 0 Å². The van der Waals surface area contributed by atoms with Crippen LogP contribution in [0.3, 0.4) is 0 Å². The minimum atomic E-state index is 0.683. The summed E-state index contributed by atoms with van der Waals surface area (Å²) in [4.78, 5) is 0. The molecule has 0 spiro atoms. The average molecular weight is 97.1 g/mol. The largest absolute Gasteiger partial charge is 0.374 e. The molecule has 1 aliphatic rings. The van der Waals surface area contributed by atoms with E-state index in [0.29, 0.717) is 5.84 Å². The van der Waals surface area contributed by atoms with Gasteiger partial charge in [0.15, 0.2) is 0 Å².